The number of aryl methyl sites for hydroxylation is 1. The smallest absolute Gasteiger partial charge is 0.329 e. The van der Waals surface area contributed by atoms with Gasteiger partial charge in [-0.15, -0.1) is 0 Å². The number of carbonyl (C=O) groups is 1. The van der Waals surface area contributed by atoms with E-state index in [1.807, 2.05) is 11.8 Å². The van der Waals surface area contributed by atoms with Crippen molar-refractivity contribution in [3.8, 4) is 0 Å². The van der Waals surface area contributed by atoms with E-state index in [0.29, 0.717) is 36.8 Å². The Morgan fingerprint density at radius 3 is 2.60 bits per heavy atom. The lowest BCUT2D eigenvalue weighted by Crippen LogP contribution is -2.37. The van der Waals surface area contributed by atoms with Crippen LogP contribution in [0.25, 0.3) is 11.0 Å². The fourth-order valence-electron chi connectivity index (χ4n) is 3.61. The van der Waals surface area contributed by atoms with Crippen LogP contribution < -0.4 is 11.2 Å². The maximum absolute atomic E-state index is 13.1. The van der Waals surface area contributed by atoms with Crippen LogP contribution in [0.1, 0.15) is 61.0 Å². The minimum Gasteiger partial charge on any atom is -0.339 e. The van der Waals surface area contributed by atoms with Gasteiger partial charge in [0.2, 0.25) is 0 Å². The van der Waals surface area contributed by atoms with E-state index >= 15 is 0 Å². The van der Waals surface area contributed by atoms with Crippen molar-refractivity contribution in [3.05, 3.63) is 38.2 Å². The molecule has 1 saturated carbocycles. The van der Waals surface area contributed by atoms with Gasteiger partial charge in [0.1, 0.15) is 0 Å². The molecule has 4 rings (SSSR count). The summed E-state index contributed by atoms with van der Waals surface area (Å²) in [5, 5.41) is 0.237. The van der Waals surface area contributed by atoms with Gasteiger partial charge in [0.15, 0.2) is 5.65 Å². The number of hydrogen-bond donors (Lipinski definition) is 1. The number of H-pyrrole nitrogens is 1. The van der Waals surface area contributed by atoms with E-state index in [4.69, 9.17) is 0 Å². The summed E-state index contributed by atoms with van der Waals surface area (Å²) in [6.45, 7) is 3.65. The molecule has 1 saturated heterocycles. The molecule has 0 spiro atoms. The van der Waals surface area contributed by atoms with E-state index in [0.717, 1.165) is 37.8 Å². The molecule has 1 N–H and O–H groups in total. The van der Waals surface area contributed by atoms with Crippen LogP contribution in [0.15, 0.2) is 15.7 Å². The molecule has 1 aliphatic heterocycles. The van der Waals surface area contributed by atoms with Crippen LogP contribution in [-0.4, -0.2) is 38.4 Å². The molecule has 0 bridgehead atoms. The molecule has 2 aromatic rings. The number of hydrogen-bond acceptors (Lipinski definition) is 4. The first-order valence-corrected chi connectivity index (χ1v) is 9.07. The molecule has 7 nitrogen and oxygen atoms in total. The molecular formula is C18H22N4O3. The van der Waals surface area contributed by atoms with Gasteiger partial charge in [0, 0.05) is 31.2 Å². The van der Waals surface area contributed by atoms with E-state index in [-0.39, 0.29) is 11.3 Å². The van der Waals surface area contributed by atoms with Crippen LogP contribution in [0, 0.1) is 0 Å². The Labute approximate surface area is 144 Å². The molecule has 1 aliphatic carbocycles. The topological polar surface area (TPSA) is 88.1 Å². The van der Waals surface area contributed by atoms with Crippen LogP contribution in [0.2, 0.25) is 0 Å². The molecule has 0 aromatic carbocycles. The van der Waals surface area contributed by atoms with E-state index in [2.05, 4.69) is 9.97 Å². The van der Waals surface area contributed by atoms with Crippen LogP contribution in [0.3, 0.4) is 0 Å². The second-order valence-corrected chi connectivity index (χ2v) is 6.92. The summed E-state index contributed by atoms with van der Waals surface area (Å²) in [6.07, 6.45) is 5.18. The fourth-order valence-corrected chi connectivity index (χ4v) is 3.61. The van der Waals surface area contributed by atoms with Crippen LogP contribution in [-0.2, 0) is 6.54 Å². The molecule has 0 radical (unpaired) electrons. The molecular weight excluding hydrogens is 320 g/mol. The highest BCUT2D eigenvalue weighted by Crippen LogP contribution is 2.40. The third-order valence-corrected chi connectivity index (χ3v) is 5.15. The molecule has 1 amide bonds. The number of aromatic amines is 1. The molecule has 0 unspecified atom stereocenters. The third kappa shape index (κ3) is 2.77. The number of carbonyl (C=O) groups excluding carboxylic acids is 1. The molecule has 7 heteroatoms. The van der Waals surface area contributed by atoms with Gasteiger partial charge < -0.3 is 4.90 Å². The molecule has 2 fully saturated rings. The fraction of sp³-hybridized carbons (Fsp3) is 0.556. The lowest BCUT2D eigenvalue weighted by Gasteiger charge is -2.27. The van der Waals surface area contributed by atoms with Crippen LogP contribution in [0.4, 0.5) is 0 Å². The van der Waals surface area contributed by atoms with Crippen molar-refractivity contribution >= 4 is 16.9 Å². The highest BCUT2D eigenvalue weighted by Gasteiger charge is 2.30. The summed E-state index contributed by atoms with van der Waals surface area (Å²) in [5.41, 5.74) is 0.537. The maximum Gasteiger partial charge on any atom is 0.329 e. The van der Waals surface area contributed by atoms with Crippen molar-refractivity contribution in [2.75, 3.05) is 13.1 Å². The second kappa shape index (κ2) is 6.13. The van der Waals surface area contributed by atoms with Crippen molar-refractivity contribution in [2.24, 2.45) is 0 Å². The Morgan fingerprint density at radius 1 is 1.24 bits per heavy atom. The number of fused-ring (bicyclic) bond motifs is 1. The Bertz CT molecular complexity index is 949. The summed E-state index contributed by atoms with van der Waals surface area (Å²) in [4.78, 5) is 46.5. The monoisotopic (exact) mass is 342 g/mol. The highest BCUT2D eigenvalue weighted by molar-refractivity contribution is 6.05. The number of pyridine rings is 1. The molecule has 132 valence electrons. The van der Waals surface area contributed by atoms with Crippen LogP contribution >= 0.6 is 0 Å². The van der Waals surface area contributed by atoms with Gasteiger partial charge in [-0.2, -0.15) is 0 Å². The van der Waals surface area contributed by atoms with Crippen molar-refractivity contribution in [1.29, 1.82) is 0 Å². The van der Waals surface area contributed by atoms with Crippen molar-refractivity contribution in [3.63, 3.8) is 0 Å². The number of rotatable bonds is 3. The van der Waals surface area contributed by atoms with E-state index < -0.39 is 11.2 Å². The average molecular weight is 342 g/mol. The lowest BCUT2D eigenvalue weighted by molar-refractivity contribution is 0.0726. The van der Waals surface area contributed by atoms with Gasteiger partial charge in [-0.25, -0.2) is 9.78 Å². The molecule has 2 aliphatic rings. The minimum absolute atomic E-state index is 0.124. The van der Waals surface area contributed by atoms with Crippen molar-refractivity contribution < 1.29 is 4.79 Å². The first kappa shape index (κ1) is 16.1. The summed E-state index contributed by atoms with van der Waals surface area (Å²) in [7, 11) is 0. The third-order valence-electron chi connectivity index (χ3n) is 5.15. The van der Waals surface area contributed by atoms with Crippen molar-refractivity contribution in [1.82, 2.24) is 19.4 Å². The predicted molar refractivity (Wildman–Crippen MR) is 94.0 cm³/mol. The number of nitrogens with zero attached hydrogens (tertiary/aromatic N) is 3. The highest BCUT2D eigenvalue weighted by atomic mass is 16.2. The number of piperidine rings is 1. The van der Waals surface area contributed by atoms with E-state index in [9.17, 15) is 14.4 Å². The Hall–Kier alpha value is -2.44. The zero-order valence-corrected chi connectivity index (χ0v) is 14.4. The van der Waals surface area contributed by atoms with Gasteiger partial charge in [0.25, 0.3) is 11.5 Å². The molecule has 2 aromatic heterocycles. The Morgan fingerprint density at radius 2 is 1.96 bits per heavy atom. The Balaban J connectivity index is 1.96. The Kier molecular flexibility index (Phi) is 3.94. The largest absolute Gasteiger partial charge is 0.339 e. The first-order valence-electron chi connectivity index (χ1n) is 9.07. The SMILES string of the molecule is CCn1c(=O)[nH]c(=O)c2c(C(=O)N3CCCCC3)cc(C3CC3)nc21. The van der Waals surface area contributed by atoms with E-state index in [1.165, 1.54) is 4.57 Å². The average Bonchev–Trinajstić information content (AvgIpc) is 3.46. The number of aromatic nitrogens is 3. The predicted octanol–water partition coefficient (Wildman–Crippen LogP) is 1.61. The minimum atomic E-state index is -0.528. The summed E-state index contributed by atoms with van der Waals surface area (Å²) in [6, 6.07) is 1.77. The molecule has 25 heavy (non-hydrogen) atoms. The molecule has 0 atom stereocenters. The van der Waals surface area contributed by atoms with Crippen molar-refractivity contribution in [2.45, 2.75) is 51.5 Å². The van der Waals surface area contributed by atoms with Gasteiger partial charge in [-0.3, -0.25) is 19.1 Å². The number of nitrogens with one attached hydrogen (secondary N) is 1. The van der Waals surface area contributed by atoms with E-state index in [1.54, 1.807) is 6.07 Å². The van der Waals surface area contributed by atoms with Gasteiger partial charge >= 0.3 is 5.69 Å². The van der Waals surface area contributed by atoms with Gasteiger partial charge in [-0.05, 0) is 45.1 Å². The second-order valence-electron chi connectivity index (χ2n) is 6.92. The quantitative estimate of drug-likeness (QED) is 0.918. The summed E-state index contributed by atoms with van der Waals surface area (Å²) in [5.74, 6) is 0.206. The molecule has 3 heterocycles. The lowest BCUT2D eigenvalue weighted by atomic mass is 10.1. The van der Waals surface area contributed by atoms with Gasteiger partial charge in [-0.1, -0.05) is 0 Å². The summed E-state index contributed by atoms with van der Waals surface area (Å²) < 4.78 is 1.44. The van der Waals surface area contributed by atoms with Gasteiger partial charge in [0.05, 0.1) is 10.9 Å². The van der Waals surface area contributed by atoms with Crippen LogP contribution in [0.5, 0.6) is 0 Å². The zero-order chi connectivity index (χ0) is 17.6. The maximum atomic E-state index is 13.1. The standard InChI is InChI=1S/C18H22N4O3/c1-2-22-15-14(16(23)20-18(22)25)12(10-13(19-15)11-6-7-11)17(24)21-8-4-3-5-9-21/h10-11H,2-9H2,1H3,(H,20,23,25). The zero-order valence-electron chi connectivity index (χ0n) is 14.4. The summed E-state index contributed by atoms with van der Waals surface area (Å²) >= 11 is 0. The normalized spacial score (nSPS) is 17.9. The number of amides is 1. The number of likely N-dealkylation sites (tertiary alicyclic amines) is 1. The first-order chi connectivity index (χ1) is 12.1.